The van der Waals surface area contributed by atoms with Crippen LogP contribution in [0, 0.1) is 5.92 Å². The summed E-state index contributed by atoms with van der Waals surface area (Å²) in [4.78, 5) is 12.7. The van der Waals surface area contributed by atoms with Crippen LogP contribution in [0.15, 0.2) is 41.3 Å². The first kappa shape index (κ1) is 25.6. The van der Waals surface area contributed by atoms with Gasteiger partial charge in [0.05, 0.1) is 38.7 Å². The van der Waals surface area contributed by atoms with E-state index >= 15 is 0 Å². The molecule has 2 aromatic carbocycles. The summed E-state index contributed by atoms with van der Waals surface area (Å²) in [5.74, 6) is -1.02. The van der Waals surface area contributed by atoms with Crippen LogP contribution in [0.5, 0.6) is 5.75 Å². The summed E-state index contributed by atoms with van der Waals surface area (Å²) in [6.45, 7) is 2.20. The smallest absolute Gasteiger partial charge is 0.416 e. The summed E-state index contributed by atoms with van der Waals surface area (Å²) < 4.78 is 71.6. The quantitative estimate of drug-likeness (QED) is 0.545. The minimum absolute atomic E-state index is 0.0436. The van der Waals surface area contributed by atoms with Crippen LogP contribution in [0.4, 0.5) is 18.9 Å². The fourth-order valence-electron chi connectivity index (χ4n) is 3.47. The summed E-state index contributed by atoms with van der Waals surface area (Å²) in [6.07, 6.45) is -3.82. The number of halogens is 5. The van der Waals surface area contributed by atoms with E-state index in [-0.39, 0.29) is 33.7 Å². The van der Waals surface area contributed by atoms with E-state index in [0.29, 0.717) is 25.2 Å². The number of sulfonamides is 1. The van der Waals surface area contributed by atoms with Crippen LogP contribution in [0.2, 0.25) is 10.0 Å². The van der Waals surface area contributed by atoms with Crippen LogP contribution in [0.25, 0.3) is 0 Å². The molecule has 1 aliphatic rings. The molecule has 3 rings (SSSR count). The Hall–Kier alpha value is -2.01. The van der Waals surface area contributed by atoms with Crippen LogP contribution < -0.4 is 10.1 Å². The van der Waals surface area contributed by atoms with E-state index in [0.717, 1.165) is 18.2 Å². The van der Waals surface area contributed by atoms with Gasteiger partial charge in [-0.05, 0) is 56.2 Å². The third-order valence-corrected chi connectivity index (χ3v) is 7.63. The summed E-state index contributed by atoms with van der Waals surface area (Å²) in [5, 5.41) is 2.49. The number of rotatable bonds is 6. The molecule has 1 heterocycles. The number of piperidine rings is 1. The maximum absolute atomic E-state index is 13.1. The molecule has 1 atom stereocenters. The van der Waals surface area contributed by atoms with Gasteiger partial charge in [-0.1, -0.05) is 23.2 Å². The predicted molar refractivity (Wildman–Crippen MR) is 119 cm³/mol. The number of ether oxygens (including phenoxy) is 1. The van der Waals surface area contributed by atoms with Crippen molar-refractivity contribution in [2.45, 2.75) is 30.8 Å². The van der Waals surface area contributed by atoms with Gasteiger partial charge >= 0.3 is 6.18 Å². The molecule has 1 aliphatic heterocycles. The lowest BCUT2D eigenvalue weighted by Crippen LogP contribution is -2.43. The van der Waals surface area contributed by atoms with Crippen LogP contribution in [-0.2, 0) is 21.0 Å². The third-order valence-electron chi connectivity index (χ3n) is 5.15. The number of amides is 1. The van der Waals surface area contributed by atoms with Crippen molar-refractivity contribution >= 4 is 44.8 Å². The Labute approximate surface area is 199 Å². The maximum atomic E-state index is 13.1. The SMILES string of the molecule is CCOc1ccc(S(=O)(=O)N2CCC[C@@H](C(=O)Nc3cc(C(F)(F)F)ccc3Cl)C2)cc1Cl. The molecule has 1 fully saturated rings. The Kier molecular flexibility index (Phi) is 7.83. The summed E-state index contributed by atoms with van der Waals surface area (Å²) >= 11 is 12.1. The van der Waals surface area contributed by atoms with Crippen molar-refractivity contribution in [2.75, 3.05) is 25.0 Å². The van der Waals surface area contributed by atoms with Gasteiger partial charge in [-0.25, -0.2) is 8.42 Å². The van der Waals surface area contributed by atoms with Crippen LogP contribution in [0.3, 0.4) is 0 Å². The monoisotopic (exact) mass is 524 g/mol. The summed E-state index contributed by atoms with van der Waals surface area (Å²) in [6, 6.07) is 6.73. The van der Waals surface area contributed by atoms with E-state index < -0.39 is 33.6 Å². The van der Waals surface area contributed by atoms with Crippen molar-refractivity contribution in [3.63, 3.8) is 0 Å². The van der Waals surface area contributed by atoms with Crippen molar-refractivity contribution in [3.8, 4) is 5.75 Å². The maximum Gasteiger partial charge on any atom is 0.416 e. The lowest BCUT2D eigenvalue weighted by molar-refractivity contribution is -0.137. The Morgan fingerprint density at radius 3 is 2.55 bits per heavy atom. The van der Waals surface area contributed by atoms with Gasteiger partial charge in [0.1, 0.15) is 5.75 Å². The molecule has 0 saturated carbocycles. The topological polar surface area (TPSA) is 75.7 Å². The number of nitrogens with zero attached hydrogens (tertiary/aromatic N) is 1. The van der Waals surface area contributed by atoms with Crippen molar-refractivity contribution < 1.29 is 31.1 Å². The summed E-state index contributed by atoms with van der Waals surface area (Å²) in [7, 11) is -3.95. The fraction of sp³-hybridized carbons (Fsp3) is 0.381. The first-order valence-electron chi connectivity index (χ1n) is 10.0. The lowest BCUT2D eigenvalue weighted by atomic mass is 9.98. The normalized spacial score (nSPS) is 17.6. The van der Waals surface area contributed by atoms with Crippen LogP contribution >= 0.6 is 23.2 Å². The third kappa shape index (κ3) is 5.92. The van der Waals surface area contributed by atoms with Crippen molar-refractivity contribution in [2.24, 2.45) is 5.92 Å². The van der Waals surface area contributed by atoms with Gasteiger partial charge in [0, 0.05) is 13.1 Å². The van der Waals surface area contributed by atoms with Gasteiger partial charge < -0.3 is 10.1 Å². The number of hydrogen-bond acceptors (Lipinski definition) is 4. The Bertz CT molecular complexity index is 1140. The average molecular weight is 525 g/mol. The van der Waals surface area contributed by atoms with Gasteiger partial charge in [0.25, 0.3) is 0 Å². The molecule has 180 valence electrons. The first-order valence-corrected chi connectivity index (χ1v) is 12.2. The fourth-order valence-corrected chi connectivity index (χ4v) is 5.49. The Balaban J connectivity index is 1.76. The Morgan fingerprint density at radius 2 is 1.91 bits per heavy atom. The van der Waals surface area contributed by atoms with E-state index in [1.54, 1.807) is 6.92 Å². The highest BCUT2D eigenvalue weighted by Gasteiger charge is 2.35. The highest BCUT2D eigenvalue weighted by Crippen LogP contribution is 2.35. The summed E-state index contributed by atoms with van der Waals surface area (Å²) in [5.41, 5.74) is -1.14. The molecular weight excluding hydrogens is 504 g/mol. The lowest BCUT2D eigenvalue weighted by Gasteiger charge is -2.31. The van der Waals surface area contributed by atoms with Crippen molar-refractivity contribution in [1.82, 2.24) is 4.31 Å². The largest absolute Gasteiger partial charge is 0.492 e. The van der Waals surface area contributed by atoms with Gasteiger partial charge in [-0.15, -0.1) is 0 Å². The molecule has 0 aliphatic carbocycles. The van der Waals surface area contributed by atoms with Gasteiger partial charge in [0.2, 0.25) is 15.9 Å². The molecule has 1 amide bonds. The number of anilines is 1. The zero-order chi connectivity index (χ0) is 24.4. The molecule has 12 heteroatoms. The standard InChI is InChI=1S/C21H21Cl2F3N2O4S/c1-2-32-19-8-6-15(11-17(19)23)33(30,31)28-9-3-4-13(12-28)20(29)27-18-10-14(21(24,25)26)5-7-16(18)22/h5-8,10-11,13H,2-4,9,12H2,1H3,(H,27,29)/t13-/m1/s1. The zero-order valence-corrected chi connectivity index (χ0v) is 19.8. The van der Waals surface area contributed by atoms with Gasteiger partial charge in [-0.3, -0.25) is 4.79 Å². The molecular formula is C21H21Cl2F3N2O4S. The van der Waals surface area contributed by atoms with Gasteiger partial charge in [-0.2, -0.15) is 17.5 Å². The zero-order valence-electron chi connectivity index (χ0n) is 17.5. The number of alkyl halides is 3. The molecule has 33 heavy (non-hydrogen) atoms. The molecule has 2 aromatic rings. The molecule has 0 bridgehead atoms. The van der Waals surface area contributed by atoms with E-state index in [1.807, 2.05) is 0 Å². The molecule has 0 radical (unpaired) electrons. The van der Waals surface area contributed by atoms with Crippen LogP contribution in [-0.4, -0.2) is 38.3 Å². The predicted octanol–water partition coefficient (Wildman–Crippen LogP) is 5.45. The highest BCUT2D eigenvalue weighted by molar-refractivity contribution is 7.89. The molecule has 1 saturated heterocycles. The molecule has 0 unspecified atom stereocenters. The number of benzene rings is 2. The Morgan fingerprint density at radius 1 is 1.18 bits per heavy atom. The minimum Gasteiger partial charge on any atom is -0.492 e. The number of hydrogen-bond donors (Lipinski definition) is 1. The molecule has 0 spiro atoms. The second-order valence-corrected chi connectivity index (χ2v) is 10.2. The number of carbonyl (C=O) groups is 1. The second-order valence-electron chi connectivity index (χ2n) is 7.41. The van der Waals surface area contributed by atoms with Gasteiger partial charge in [0.15, 0.2) is 0 Å². The van der Waals surface area contributed by atoms with E-state index in [4.69, 9.17) is 27.9 Å². The van der Waals surface area contributed by atoms with Crippen LogP contribution in [0.1, 0.15) is 25.3 Å². The molecule has 1 N–H and O–H groups in total. The highest BCUT2D eigenvalue weighted by atomic mass is 35.5. The van der Waals surface area contributed by atoms with E-state index in [2.05, 4.69) is 5.32 Å². The second kappa shape index (κ2) is 10.1. The van der Waals surface area contributed by atoms with E-state index in [9.17, 15) is 26.4 Å². The average Bonchev–Trinajstić information content (AvgIpc) is 2.76. The minimum atomic E-state index is -4.60. The first-order chi connectivity index (χ1) is 15.4. The van der Waals surface area contributed by atoms with E-state index in [1.165, 1.54) is 22.5 Å². The number of carbonyl (C=O) groups excluding carboxylic acids is 1. The molecule has 0 aromatic heterocycles. The number of nitrogens with one attached hydrogen (secondary N) is 1. The van der Waals surface area contributed by atoms with Crippen molar-refractivity contribution in [1.29, 1.82) is 0 Å². The molecule has 6 nitrogen and oxygen atoms in total. The van der Waals surface area contributed by atoms with Crippen molar-refractivity contribution in [3.05, 3.63) is 52.0 Å².